The van der Waals surface area contributed by atoms with Crippen molar-refractivity contribution in [2.45, 2.75) is 6.92 Å². The van der Waals surface area contributed by atoms with Gasteiger partial charge in [0.1, 0.15) is 5.75 Å². The van der Waals surface area contributed by atoms with Gasteiger partial charge in [0.25, 0.3) is 5.91 Å². The normalized spacial score (nSPS) is 17.3. The molecule has 13 heteroatoms. The quantitative estimate of drug-likeness (QED) is 0.389. The number of amides is 1. The summed E-state index contributed by atoms with van der Waals surface area (Å²) in [6.45, 7) is 1.47. The van der Waals surface area contributed by atoms with Crippen LogP contribution < -0.4 is 4.74 Å². The summed E-state index contributed by atoms with van der Waals surface area (Å²) in [6, 6.07) is 7.38. The van der Waals surface area contributed by atoms with Gasteiger partial charge in [0.15, 0.2) is 5.84 Å². The Morgan fingerprint density at radius 1 is 1.38 bits per heavy atom. The zero-order valence-corrected chi connectivity index (χ0v) is 18.6. The minimum Gasteiger partial charge on any atom is -0.457 e. The standard InChI is InChI=1S/C19H13ClN4O6S2/c1-2-32(27,28)19-23-24-15(21)11(16(25)22-18(24)31-19)8-10-5-6-13(12(20)9-10)30-17(26)14-4-3-7-29-14/h3-9,21H,2H2,1H3/b11-8-,21-15?. The van der Waals surface area contributed by atoms with Crippen LogP contribution >= 0.6 is 23.4 Å². The van der Waals surface area contributed by atoms with Crippen molar-refractivity contribution in [3.05, 3.63) is 58.5 Å². The fourth-order valence-corrected chi connectivity index (χ4v) is 5.02. The van der Waals surface area contributed by atoms with Gasteiger partial charge in [0.05, 0.1) is 22.6 Å². The lowest BCUT2D eigenvalue weighted by Gasteiger charge is -2.20. The van der Waals surface area contributed by atoms with Crippen LogP contribution in [0.3, 0.4) is 0 Å². The van der Waals surface area contributed by atoms with Crippen LogP contribution in [0.25, 0.3) is 6.08 Å². The van der Waals surface area contributed by atoms with E-state index in [1.807, 2.05) is 0 Å². The largest absolute Gasteiger partial charge is 0.457 e. The van der Waals surface area contributed by atoms with Crippen LogP contribution in [0.2, 0.25) is 5.02 Å². The molecule has 1 amide bonds. The van der Waals surface area contributed by atoms with Crippen LogP contribution in [0.4, 0.5) is 0 Å². The Morgan fingerprint density at radius 2 is 2.16 bits per heavy atom. The highest BCUT2D eigenvalue weighted by molar-refractivity contribution is 8.42. The predicted molar refractivity (Wildman–Crippen MR) is 120 cm³/mol. The summed E-state index contributed by atoms with van der Waals surface area (Å²) in [6.07, 6.45) is 2.70. The van der Waals surface area contributed by atoms with E-state index in [4.69, 9.17) is 26.2 Å². The molecular formula is C19H13ClN4O6S2. The molecule has 0 fully saturated rings. The number of amidine groups is 2. The fourth-order valence-electron chi connectivity index (χ4n) is 2.62. The zero-order chi connectivity index (χ0) is 23.0. The number of thioether (sulfide) groups is 1. The Balaban J connectivity index is 1.59. The summed E-state index contributed by atoms with van der Waals surface area (Å²) in [5.41, 5.74) is 0.321. The zero-order valence-electron chi connectivity index (χ0n) is 16.2. The number of furan rings is 1. The summed E-state index contributed by atoms with van der Waals surface area (Å²) in [4.78, 5) is 28.3. The number of nitrogens with one attached hydrogen (secondary N) is 1. The highest BCUT2D eigenvalue weighted by atomic mass is 35.5. The number of benzene rings is 1. The third kappa shape index (κ3) is 4.11. The van der Waals surface area contributed by atoms with E-state index in [9.17, 15) is 18.0 Å². The lowest BCUT2D eigenvalue weighted by atomic mass is 10.1. The van der Waals surface area contributed by atoms with Crippen LogP contribution in [0, 0.1) is 5.41 Å². The fraction of sp³-hybridized carbons (Fsp3) is 0.105. The van der Waals surface area contributed by atoms with E-state index < -0.39 is 21.7 Å². The molecule has 10 nitrogen and oxygen atoms in total. The number of carbonyl (C=O) groups excluding carboxylic acids is 2. The van der Waals surface area contributed by atoms with Crippen molar-refractivity contribution in [1.82, 2.24) is 5.01 Å². The average molecular weight is 493 g/mol. The molecule has 2 aliphatic rings. The number of hydrazone groups is 1. The molecule has 3 heterocycles. The molecule has 32 heavy (non-hydrogen) atoms. The molecule has 0 saturated heterocycles. The van der Waals surface area contributed by atoms with E-state index in [0.717, 1.165) is 16.8 Å². The van der Waals surface area contributed by atoms with Gasteiger partial charge in [0, 0.05) is 0 Å². The van der Waals surface area contributed by atoms with Crippen molar-refractivity contribution in [3.63, 3.8) is 0 Å². The Hall–Kier alpha value is -3.22. The molecule has 1 aromatic heterocycles. The van der Waals surface area contributed by atoms with Crippen LogP contribution in [-0.4, -0.2) is 46.4 Å². The van der Waals surface area contributed by atoms with E-state index in [-0.39, 0.29) is 43.2 Å². The van der Waals surface area contributed by atoms with Crippen LogP contribution in [0.1, 0.15) is 23.0 Å². The maximum Gasteiger partial charge on any atom is 0.379 e. The smallest absolute Gasteiger partial charge is 0.379 e. The molecule has 0 radical (unpaired) electrons. The van der Waals surface area contributed by atoms with Crippen molar-refractivity contribution in [3.8, 4) is 5.75 Å². The number of hydrogen-bond acceptors (Lipinski definition) is 9. The van der Waals surface area contributed by atoms with Crippen LogP contribution in [-0.2, 0) is 14.6 Å². The van der Waals surface area contributed by atoms with Crippen molar-refractivity contribution < 1.29 is 27.2 Å². The van der Waals surface area contributed by atoms with Gasteiger partial charge in [0.2, 0.25) is 25.1 Å². The van der Waals surface area contributed by atoms with Gasteiger partial charge < -0.3 is 9.15 Å². The Bertz CT molecular complexity index is 1350. The average Bonchev–Trinajstić information content (AvgIpc) is 3.43. The second kappa shape index (κ2) is 8.37. The molecule has 1 N–H and O–H groups in total. The number of aliphatic imine (C=N–C) groups is 1. The Morgan fingerprint density at radius 3 is 2.81 bits per heavy atom. The molecule has 0 unspecified atom stereocenters. The molecule has 0 atom stereocenters. The second-order valence-corrected chi connectivity index (χ2v) is 10.2. The lowest BCUT2D eigenvalue weighted by molar-refractivity contribution is -0.114. The Labute approximate surface area is 191 Å². The van der Waals surface area contributed by atoms with Gasteiger partial charge >= 0.3 is 5.97 Å². The number of esters is 1. The number of nitrogens with zero attached hydrogens (tertiary/aromatic N) is 3. The van der Waals surface area contributed by atoms with E-state index >= 15 is 0 Å². The first-order valence-corrected chi connectivity index (χ1v) is 11.8. The van der Waals surface area contributed by atoms with Crippen molar-refractivity contribution in [2.75, 3.05) is 5.75 Å². The monoisotopic (exact) mass is 492 g/mol. The van der Waals surface area contributed by atoms with Crippen molar-refractivity contribution in [1.29, 1.82) is 5.41 Å². The van der Waals surface area contributed by atoms with Gasteiger partial charge in [-0.1, -0.05) is 24.6 Å². The molecule has 1 aromatic carbocycles. The summed E-state index contributed by atoms with van der Waals surface area (Å²) in [5.74, 6) is -1.84. The van der Waals surface area contributed by atoms with Crippen molar-refractivity contribution >= 4 is 66.5 Å². The van der Waals surface area contributed by atoms with Gasteiger partial charge in [-0.2, -0.15) is 10.0 Å². The maximum absolute atomic E-state index is 12.5. The van der Waals surface area contributed by atoms with E-state index in [1.54, 1.807) is 6.07 Å². The van der Waals surface area contributed by atoms with Crippen LogP contribution in [0.5, 0.6) is 5.75 Å². The highest BCUT2D eigenvalue weighted by Crippen LogP contribution is 2.32. The molecule has 4 rings (SSSR count). The van der Waals surface area contributed by atoms with Crippen LogP contribution in [0.15, 0.2) is 56.7 Å². The van der Waals surface area contributed by atoms with Gasteiger partial charge in [-0.05, 0) is 47.7 Å². The van der Waals surface area contributed by atoms with E-state index in [2.05, 4.69) is 10.1 Å². The summed E-state index contributed by atoms with van der Waals surface area (Å²) >= 11 is 6.92. The van der Waals surface area contributed by atoms with Crippen molar-refractivity contribution in [2.24, 2.45) is 10.1 Å². The minimum atomic E-state index is -3.61. The van der Waals surface area contributed by atoms with E-state index in [0.29, 0.717) is 5.56 Å². The molecule has 0 spiro atoms. The summed E-state index contributed by atoms with van der Waals surface area (Å²) < 4.78 is 34.1. The molecule has 164 valence electrons. The topological polar surface area (TPSA) is 142 Å². The molecule has 2 aliphatic heterocycles. The SMILES string of the molecule is CCS(=O)(=O)C1=NN2C(=N)/C(=C/c3ccc(OC(=O)c4ccco4)c(Cl)c3)C(=O)N=C2S1. The molecule has 0 bridgehead atoms. The number of carbonyl (C=O) groups is 2. The van der Waals surface area contributed by atoms with E-state index in [1.165, 1.54) is 43.5 Å². The Kier molecular flexibility index (Phi) is 5.75. The first-order chi connectivity index (χ1) is 15.2. The third-order valence-corrected chi connectivity index (χ3v) is 7.66. The number of sulfone groups is 1. The van der Waals surface area contributed by atoms with Gasteiger partial charge in [-0.3, -0.25) is 10.2 Å². The third-order valence-electron chi connectivity index (χ3n) is 4.27. The van der Waals surface area contributed by atoms with Gasteiger partial charge in [-0.15, -0.1) is 5.10 Å². The predicted octanol–water partition coefficient (Wildman–Crippen LogP) is 3.16. The highest BCUT2D eigenvalue weighted by Gasteiger charge is 2.39. The molecule has 0 aliphatic carbocycles. The first-order valence-electron chi connectivity index (χ1n) is 8.98. The maximum atomic E-state index is 12.5. The summed E-state index contributed by atoms with van der Waals surface area (Å²) in [7, 11) is -3.61. The summed E-state index contributed by atoms with van der Waals surface area (Å²) in [5, 5.41) is 13.3. The molecule has 0 saturated carbocycles. The van der Waals surface area contributed by atoms with Gasteiger partial charge in [-0.25, -0.2) is 13.2 Å². The number of fused-ring (bicyclic) bond motifs is 1. The molecule has 2 aromatic rings. The number of halogens is 1. The molecular weight excluding hydrogens is 480 g/mol. The minimum absolute atomic E-state index is 0.00222. The first kappa shape index (κ1) is 22.0. The second-order valence-electron chi connectivity index (χ2n) is 6.35. The lowest BCUT2D eigenvalue weighted by Crippen LogP contribution is -2.35. The number of rotatable bonds is 4. The number of hydrogen-bond donors (Lipinski definition) is 1. The number of ether oxygens (including phenoxy) is 1.